The molecule has 1 aromatic carbocycles. The van der Waals surface area contributed by atoms with Crippen molar-refractivity contribution in [2.24, 2.45) is 0 Å². The van der Waals surface area contributed by atoms with Crippen LogP contribution in [-0.2, 0) is 0 Å². The normalized spacial score (nSPS) is 16.6. The van der Waals surface area contributed by atoms with Crippen molar-refractivity contribution in [1.82, 2.24) is 0 Å². The van der Waals surface area contributed by atoms with Crippen LogP contribution in [0.1, 0.15) is 29.4 Å². The lowest BCUT2D eigenvalue weighted by Crippen LogP contribution is -2.00. The second-order valence-corrected chi connectivity index (χ2v) is 5.78. The maximum absolute atomic E-state index is 10.3. The minimum absolute atomic E-state index is 0.364. The first-order chi connectivity index (χ1) is 8.74. The summed E-state index contributed by atoms with van der Waals surface area (Å²) >= 11 is 7.50. The molecule has 0 radical (unpaired) electrons. The highest BCUT2D eigenvalue weighted by atomic mass is 35.5. The molecule has 1 heterocycles. The molecule has 1 aliphatic rings. The first kappa shape index (κ1) is 12.0. The zero-order valence-electron chi connectivity index (χ0n) is 9.67. The lowest BCUT2D eigenvalue weighted by molar-refractivity contribution is 0.223. The monoisotopic (exact) mass is 280 g/mol. The van der Waals surface area contributed by atoms with Gasteiger partial charge in [0.25, 0.3) is 0 Å². The molecule has 3 rings (SSSR count). The van der Waals surface area contributed by atoms with Crippen LogP contribution >= 0.6 is 22.9 Å². The van der Waals surface area contributed by atoms with Gasteiger partial charge in [0, 0.05) is 0 Å². The van der Waals surface area contributed by atoms with E-state index in [1.807, 2.05) is 29.6 Å². The second-order valence-electron chi connectivity index (χ2n) is 4.43. The van der Waals surface area contributed by atoms with Crippen molar-refractivity contribution in [3.8, 4) is 5.75 Å². The molecule has 1 atom stereocenters. The van der Waals surface area contributed by atoms with E-state index in [0.29, 0.717) is 11.1 Å². The fraction of sp³-hybridized carbons (Fsp3) is 0.286. The zero-order valence-corrected chi connectivity index (χ0v) is 11.2. The average Bonchev–Trinajstić information content (AvgIpc) is 3.08. The Hall–Kier alpha value is -1.03. The van der Waals surface area contributed by atoms with E-state index in [-0.39, 0.29) is 0 Å². The van der Waals surface area contributed by atoms with E-state index in [9.17, 15) is 5.11 Å². The number of hydrogen-bond donors (Lipinski definition) is 1. The van der Waals surface area contributed by atoms with E-state index in [0.717, 1.165) is 29.0 Å². The molecule has 1 fully saturated rings. The van der Waals surface area contributed by atoms with Gasteiger partial charge in [-0.1, -0.05) is 23.7 Å². The molecule has 0 bridgehead atoms. The van der Waals surface area contributed by atoms with Crippen molar-refractivity contribution in [3.05, 3.63) is 51.2 Å². The molecule has 1 saturated carbocycles. The van der Waals surface area contributed by atoms with Gasteiger partial charge < -0.3 is 9.84 Å². The van der Waals surface area contributed by atoms with Crippen molar-refractivity contribution in [2.45, 2.75) is 25.0 Å². The lowest BCUT2D eigenvalue weighted by Gasteiger charge is -2.12. The Balaban J connectivity index is 1.84. The van der Waals surface area contributed by atoms with E-state index in [2.05, 4.69) is 0 Å². The fourth-order valence-corrected chi connectivity index (χ4v) is 2.96. The summed E-state index contributed by atoms with van der Waals surface area (Å²) < 4.78 is 5.72. The quantitative estimate of drug-likeness (QED) is 0.916. The molecule has 1 N–H and O–H groups in total. The smallest absolute Gasteiger partial charge is 0.120 e. The van der Waals surface area contributed by atoms with Crippen molar-refractivity contribution in [3.63, 3.8) is 0 Å². The number of aliphatic hydroxyl groups is 1. The largest absolute Gasteiger partial charge is 0.490 e. The molecule has 4 heteroatoms. The summed E-state index contributed by atoms with van der Waals surface area (Å²) in [6.07, 6.45) is 1.94. The van der Waals surface area contributed by atoms with Crippen molar-refractivity contribution >= 4 is 22.9 Å². The van der Waals surface area contributed by atoms with Crippen LogP contribution in [0.3, 0.4) is 0 Å². The molecule has 2 nitrogen and oxygen atoms in total. The first-order valence-corrected chi connectivity index (χ1v) is 7.17. The van der Waals surface area contributed by atoms with Gasteiger partial charge in [-0.05, 0) is 42.0 Å². The molecule has 1 aromatic heterocycles. The van der Waals surface area contributed by atoms with Crippen molar-refractivity contribution in [2.75, 3.05) is 0 Å². The standard InChI is InChI=1S/C14H13ClO2S/c15-12-6-7-18-14(12)13(16)9-2-1-3-11(8-9)17-10-4-5-10/h1-3,6-8,10,13,16H,4-5H2. The molecule has 1 aliphatic carbocycles. The van der Waals surface area contributed by atoms with Crippen LogP contribution in [0.15, 0.2) is 35.7 Å². The van der Waals surface area contributed by atoms with Gasteiger partial charge in [0.05, 0.1) is 16.0 Å². The molecular weight excluding hydrogens is 268 g/mol. The number of halogens is 1. The molecule has 94 valence electrons. The predicted octanol–water partition coefficient (Wildman–Crippen LogP) is 4.02. The van der Waals surface area contributed by atoms with Crippen LogP contribution in [0.25, 0.3) is 0 Å². The summed E-state index contributed by atoms with van der Waals surface area (Å²) in [6.45, 7) is 0. The molecule has 0 spiro atoms. The van der Waals surface area contributed by atoms with E-state index < -0.39 is 6.10 Å². The summed E-state index contributed by atoms with van der Waals surface area (Å²) in [4.78, 5) is 0.778. The van der Waals surface area contributed by atoms with Gasteiger partial charge in [-0.2, -0.15) is 0 Å². The topological polar surface area (TPSA) is 29.5 Å². The van der Waals surface area contributed by atoms with E-state index in [1.54, 1.807) is 6.07 Å². The molecule has 0 saturated heterocycles. The summed E-state index contributed by atoms with van der Waals surface area (Å²) in [7, 11) is 0. The summed E-state index contributed by atoms with van der Waals surface area (Å²) in [6, 6.07) is 9.40. The Bertz CT molecular complexity index is 548. The number of ether oxygens (including phenoxy) is 1. The third-order valence-corrected chi connectivity index (χ3v) is 4.30. The van der Waals surface area contributed by atoms with Gasteiger partial charge >= 0.3 is 0 Å². The SMILES string of the molecule is OC(c1cccc(OC2CC2)c1)c1sccc1Cl. The summed E-state index contributed by atoms with van der Waals surface area (Å²) in [5.74, 6) is 0.821. The number of rotatable bonds is 4. The first-order valence-electron chi connectivity index (χ1n) is 5.91. The number of thiophene rings is 1. The Morgan fingerprint density at radius 2 is 2.17 bits per heavy atom. The van der Waals surface area contributed by atoms with Crippen molar-refractivity contribution in [1.29, 1.82) is 0 Å². The number of hydrogen-bond acceptors (Lipinski definition) is 3. The van der Waals surface area contributed by atoms with E-state index in [4.69, 9.17) is 16.3 Å². The number of benzene rings is 1. The van der Waals surface area contributed by atoms with Gasteiger partial charge in [-0.3, -0.25) is 0 Å². The minimum Gasteiger partial charge on any atom is -0.490 e. The van der Waals surface area contributed by atoms with E-state index in [1.165, 1.54) is 11.3 Å². The highest BCUT2D eigenvalue weighted by molar-refractivity contribution is 7.10. The Kier molecular flexibility index (Phi) is 3.29. The van der Waals surface area contributed by atoms with Crippen LogP contribution in [0.2, 0.25) is 5.02 Å². The summed E-state index contributed by atoms with van der Waals surface area (Å²) in [5.41, 5.74) is 0.817. The second kappa shape index (κ2) is 4.92. The van der Waals surface area contributed by atoms with Crippen LogP contribution in [0.4, 0.5) is 0 Å². The maximum atomic E-state index is 10.3. The van der Waals surface area contributed by atoms with Crippen LogP contribution < -0.4 is 4.74 Å². The highest BCUT2D eigenvalue weighted by Gasteiger charge is 2.24. The van der Waals surface area contributed by atoms with Crippen LogP contribution in [-0.4, -0.2) is 11.2 Å². The van der Waals surface area contributed by atoms with Gasteiger partial charge in [0.15, 0.2) is 0 Å². The van der Waals surface area contributed by atoms with E-state index >= 15 is 0 Å². The summed E-state index contributed by atoms with van der Waals surface area (Å²) in [5, 5.41) is 12.8. The Morgan fingerprint density at radius 3 is 2.83 bits per heavy atom. The predicted molar refractivity (Wildman–Crippen MR) is 73.5 cm³/mol. The molecule has 1 unspecified atom stereocenters. The molecule has 0 aliphatic heterocycles. The lowest BCUT2D eigenvalue weighted by atomic mass is 10.1. The third kappa shape index (κ3) is 2.53. The molecular formula is C14H13ClO2S. The van der Waals surface area contributed by atoms with Gasteiger partial charge in [-0.25, -0.2) is 0 Å². The third-order valence-electron chi connectivity index (χ3n) is 2.89. The van der Waals surface area contributed by atoms with Gasteiger partial charge in [0.1, 0.15) is 11.9 Å². The molecule has 18 heavy (non-hydrogen) atoms. The molecule has 0 amide bonds. The van der Waals surface area contributed by atoms with Crippen LogP contribution in [0, 0.1) is 0 Å². The molecule has 2 aromatic rings. The van der Waals surface area contributed by atoms with Gasteiger partial charge in [0.2, 0.25) is 0 Å². The number of aliphatic hydroxyl groups excluding tert-OH is 1. The Labute approximate surface area is 115 Å². The highest BCUT2D eigenvalue weighted by Crippen LogP contribution is 2.34. The maximum Gasteiger partial charge on any atom is 0.120 e. The van der Waals surface area contributed by atoms with Crippen LogP contribution in [0.5, 0.6) is 5.75 Å². The van der Waals surface area contributed by atoms with Gasteiger partial charge in [-0.15, -0.1) is 11.3 Å². The average molecular weight is 281 g/mol. The Morgan fingerprint density at radius 1 is 1.33 bits per heavy atom. The minimum atomic E-state index is -0.680. The fourth-order valence-electron chi connectivity index (χ4n) is 1.79. The zero-order chi connectivity index (χ0) is 12.5. The van der Waals surface area contributed by atoms with Crippen molar-refractivity contribution < 1.29 is 9.84 Å².